The molecule has 1 amide bonds. The Morgan fingerprint density at radius 2 is 2.26 bits per heavy atom. The fraction of sp³-hybridized carbons (Fsp3) is 0.500. The van der Waals surface area contributed by atoms with Gasteiger partial charge in [0.15, 0.2) is 18.2 Å². The molecule has 0 heterocycles. The van der Waals surface area contributed by atoms with Crippen molar-refractivity contribution in [3.63, 3.8) is 0 Å². The summed E-state index contributed by atoms with van der Waals surface area (Å²) in [6, 6.07) is 4.50. The molecule has 19 heavy (non-hydrogen) atoms. The third-order valence-electron chi connectivity index (χ3n) is 2.72. The number of hydrogen-bond donors (Lipinski definition) is 2. The Labute approximate surface area is 112 Å². The van der Waals surface area contributed by atoms with Gasteiger partial charge in [0.05, 0.1) is 0 Å². The van der Waals surface area contributed by atoms with Crippen LogP contribution in [0.4, 0.5) is 4.39 Å². The van der Waals surface area contributed by atoms with Crippen molar-refractivity contribution < 1.29 is 19.0 Å². The van der Waals surface area contributed by atoms with Gasteiger partial charge >= 0.3 is 0 Å². The molecule has 1 rings (SSSR count). The van der Waals surface area contributed by atoms with Crippen LogP contribution in [0.2, 0.25) is 0 Å². The monoisotopic (exact) mass is 269 g/mol. The largest absolute Gasteiger partial charge is 0.481 e. The van der Waals surface area contributed by atoms with Crippen molar-refractivity contribution in [2.45, 2.75) is 20.3 Å². The summed E-state index contributed by atoms with van der Waals surface area (Å²) in [5.41, 5.74) is 0.869. The minimum absolute atomic E-state index is 0.0820. The summed E-state index contributed by atoms with van der Waals surface area (Å²) in [5.74, 6) is -0.499. The average molecular weight is 269 g/mol. The van der Waals surface area contributed by atoms with E-state index in [4.69, 9.17) is 9.84 Å². The lowest BCUT2D eigenvalue weighted by Gasteiger charge is -2.12. The summed E-state index contributed by atoms with van der Waals surface area (Å²) in [4.78, 5) is 11.5. The third-order valence-corrected chi connectivity index (χ3v) is 2.72. The van der Waals surface area contributed by atoms with Crippen LogP contribution < -0.4 is 10.1 Å². The standard InChI is InChI=1S/C14H20FNO3/c1-10-3-4-12(15)13(7-10)19-9-14(18)16-8-11(2)5-6-17/h3-4,7,11,17H,5-6,8-9H2,1-2H3,(H,16,18). The van der Waals surface area contributed by atoms with Crippen LogP contribution in [-0.2, 0) is 4.79 Å². The van der Waals surface area contributed by atoms with Gasteiger partial charge in [0.2, 0.25) is 0 Å². The molecule has 0 spiro atoms. The maximum absolute atomic E-state index is 13.4. The Morgan fingerprint density at radius 3 is 2.95 bits per heavy atom. The summed E-state index contributed by atoms with van der Waals surface area (Å²) >= 11 is 0. The van der Waals surface area contributed by atoms with Crippen LogP contribution in [0, 0.1) is 18.7 Å². The molecule has 0 bridgehead atoms. The Bertz CT molecular complexity index is 423. The van der Waals surface area contributed by atoms with E-state index in [1.807, 2.05) is 13.8 Å². The van der Waals surface area contributed by atoms with Gasteiger partial charge in [0, 0.05) is 13.2 Å². The van der Waals surface area contributed by atoms with Crippen molar-refractivity contribution in [3.8, 4) is 5.75 Å². The molecule has 0 radical (unpaired) electrons. The van der Waals surface area contributed by atoms with Gasteiger partial charge in [-0.15, -0.1) is 0 Å². The minimum atomic E-state index is -0.480. The zero-order chi connectivity index (χ0) is 14.3. The zero-order valence-corrected chi connectivity index (χ0v) is 11.3. The van der Waals surface area contributed by atoms with Crippen molar-refractivity contribution in [2.75, 3.05) is 19.8 Å². The highest BCUT2D eigenvalue weighted by molar-refractivity contribution is 5.77. The molecule has 1 unspecified atom stereocenters. The number of ether oxygens (including phenoxy) is 1. The first-order valence-corrected chi connectivity index (χ1v) is 6.29. The number of carbonyl (C=O) groups excluding carboxylic acids is 1. The van der Waals surface area contributed by atoms with E-state index >= 15 is 0 Å². The molecule has 2 N–H and O–H groups in total. The van der Waals surface area contributed by atoms with Crippen LogP contribution in [0.1, 0.15) is 18.9 Å². The highest BCUT2D eigenvalue weighted by Crippen LogP contribution is 2.17. The number of carbonyl (C=O) groups is 1. The first-order chi connectivity index (χ1) is 9.02. The normalized spacial score (nSPS) is 12.0. The predicted octanol–water partition coefficient (Wildman–Crippen LogP) is 1.65. The first kappa shape index (κ1) is 15.4. The van der Waals surface area contributed by atoms with Crippen LogP contribution in [-0.4, -0.2) is 30.8 Å². The minimum Gasteiger partial charge on any atom is -0.481 e. The summed E-state index contributed by atoms with van der Waals surface area (Å²) in [6.45, 7) is 4.10. The second-order valence-electron chi connectivity index (χ2n) is 4.64. The molecule has 0 aliphatic carbocycles. The SMILES string of the molecule is Cc1ccc(F)c(OCC(=O)NCC(C)CCO)c1. The maximum atomic E-state index is 13.4. The lowest BCUT2D eigenvalue weighted by atomic mass is 10.1. The molecule has 0 aliphatic rings. The number of aliphatic hydroxyl groups is 1. The molecule has 0 saturated carbocycles. The van der Waals surface area contributed by atoms with Crippen molar-refractivity contribution >= 4 is 5.91 Å². The number of rotatable bonds is 7. The quantitative estimate of drug-likeness (QED) is 0.791. The Kier molecular flexibility index (Phi) is 6.29. The fourth-order valence-corrected chi connectivity index (χ4v) is 1.53. The van der Waals surface area contributed by atoms with Gasteiger partial charge in [-0.2, -0.15) is 0 Å². The Balaban J connectivity index is 2.35. The molecule has 1 atom stereocenters. The number of benzene rings is 1. The van der Waals surface area contributed by atoms with Crippen LogP contribution in [0.5, 0.6) is 5.75 Å². The number of hydrogen-bond acceptors (Lipinski definition) is 3. The van der Waals surface area contributed by atoms with Crippen LogP contribution in [0.3, 0.4) is 0 Å². The van der Waals surface area contributed by atoms with E-state index in [-0.39, 0.29) is 30.8 Å². The van der Waals surface area contributed by atoms with Crippen LogP contribution in [0.25, 0.3) is 0 Å². The van der Waals surface area contributed by atoms with Gasteiger partial charge in [0.25, 0.3) is 5.91 Å². The third kappa shape index (κ3) is 5.70. The number of aryl methyl sites for hydroxylation is 1. The van der Waals surface area contributed by atoms with Gasteiger partial charge in [0.1, 0.15) is 0 Å². The van der Waals surface area contributed by atoms with Gasteiger partial charge in [-0.05, 0) is 37.0 Å². The van der Waals surface area contributed by atoms with E-state index in [0.717, 1.165) is 5.56 Å². The highest BCUT2D eigenvalue weighted by atomic mass is 19.1. The van der Waals surface area contributed by atoms with E-state index in [0.29, 0.717) is 13.0 Å². The van der Waals surface area contributed by atoms with E-state index in [2.05, 4.69) is 5.32 Å². The number of nitrogens with one attached hydrogen (secondary N) is 1. The van der Waals surface area contributed by atoms with Crippen molar-refractivity contribution in [2.24, 2.45) is 5.92 Å². The van der Waals surface area contributed by atoms with Crippen LogP contribution >= 0.6 is 0 Å². The van der Waals surface area contributed by atoms with Gasteiger partial charge in [-0.1, -0.05) is 13.0 Å². The number of halogens is 1. The molecule has 0 aromatic heterocycles. The number of amides is 1. The van der Waals surface area contributed by atoms with E-state index < -0.39 is 5.82 Å². The Morgan fingerprint density at radius 1 is 1.53 bits per heavy atom. The van der Waals surface area contributed by atoms with Gasteiger partial charge in [-0.25, -0.2) is 4.39 Å². The fourth-order valence-electron chi connectivity index (χ4n) is 1.53. The first-order valence-electron chi connectivity index (χ1n) is 6.29. The van der Waals surface area contributed by atoms with Crippen molar-refractivity contribution in [3.05, 3.63) is 29.6 Å². The van der Waals surface area contributed by atoms with Crippen LogP contribution in [0.15, 0.2) is 18.2 Å². The molecule has 0 saturated heterocycles. The van der Waals surface area contributed by atoms with Gasteiger partial charge in [-0.3, -0.25) is 4.79 Å². The lowest BCUT2D eigenvalue weighted by Crippen LogP contribution is -2.32. The smallest absolute Gasteiger partial charge is 0.257 e. The molecular formula is C14H20FNO3. The van der Waals surface area contributed by atoms with Gasteiger partial charge < -0.3 is 15.2 Å². The topological polar surface area (TPSA) is 58.6 Å². The molecule has 1 aromatic rings. The second kappa shape index (κ2) is 7.74. The molecule has 0 aliphatic heterocycles. The molecule has 106 valence electrons. The molecule has 5 heteroatoms. The van der Waals surface area contributed by atoms with E-state index in [9.17, 15) is 9.18 Å². The van der Waals surface area contributed by atoms with E-state index in [1.54, 1.807) is 12.1 Å². The molecular weight excluding hydrogens is 249 g/mol. The summed E-state index contributed by atoms with van der Waals surface area (Å²) in [6.07, 6.45) is 0.633. The lowest BCUT2D eigenvalue weighted by molar-refractivity contribution is -0.123. The van der Waals surface area contributed by atoms with Crippen molar-refractivity contribution in [1.29, 1.82) is 0 Å². The zero-order valence-electron chi connectivity index (χ0n) is 11.3. The van der Waals surface area contributed by atoms with E-state index in [1.165, 1.54) is 6.07 Å². The summed E-state index contributed by atoms with van der Waals surface area (Å²) in [5, 5.41) is 11.4. The molecule has 0 fully saturated rings. The maximum Gasteiger partial charge on any atom is 0.257 e. The predicted molar refractivity (Wildman–Crippen MR) is 70.5 cm³/mol. The molecule has 1 aromatic carbocycles. The second-order valence-corrected chi connectivity index (χ2v) is 4.64. The number of aliphatic hydroxyl groups excluding tert-OH is 1. The molecule has 4 nitrogen and oxygen atoms in total. The Hall–Kier alpha value is -1.62. The highest BCUT2D eigenvalue weighted by Gasteiger charge is 2.08. The van der Waals surface area contributed by atoms with Crippen molar-refractivity contribution in [1.82, 2.24) is 5.32 Å². The average Bonchev–Trinajstić information content (AvgIpc) is 2.38. The summed E-state index contributed by atoms with van der Waals surface area (Å²) in [7, 11) is 0. The summed E-state index contributed by atoms with van der Waals surface area (Å²) < 4.78 is 18.5.